The number of pyridine rings is 1. The third-order valence-electron chi connectivity index (χ3n) is 5.04. The third kappa shape index (κ3) is 2.11. The minimum atomic E-state index is 0.430. The highest BCUT2D eigenvalue weighted by atomic mass is 15.2. The molecule has 3 atom stereocenters. The molecule has 2 heterocycles. The summed E-state index contributed by atoms with van der Waals surface area (Å²) in [5, 5.41) is 1.24. The highest BCUT2D eigenvalue weighted by molar-refractivity contribution is 5.78. The molecule has 3 heteroatoms. The zero-order chi connectivity index (χ0) is 13.5. The fraction of sp³-hybridized carbons (Fsp3) is 0.471. The molecule has 2 aromatic rings. The number of hydrogen-bond donors (Lipinski definition) is 1. The second kappa shape index (κ2) is 4.83. The topological polar surface area (TPSA) is 42.1 Å². The van der Waals surface area contributed by atoms with Crippen molar-refractivity contribution in [3.05, 3.63) is 42.1 Å². The van der Waals surface area contributed by atoms with Crippen LogP contribution >= 0.6 is 0 Å². The normalized spacial score (nSPS) is 29.9. The van der Waals surface area contributed by atoms with Crippen LogP contribution in [0.4, 0.5) is 0 Å². The molecule has 3 unspecified atom stereocenters. The molecule has 1 aromatic carbocycles. The standard InChI is InChI=1S/C17H21N3/c18-16-6-5-14-10-20(11-15(14)16)9-12-7-13-3-1-2-4-17(13)19-8-12/h1-4,7-8,14-16H,5-6,9-11,18H2. The molecule has 1 aromatic heterocycles. The van der Waals surface area contributed by atoms with Crippen LogP contribution in [0.25, 0.3) is 10.9 Å². The average Bonchev–Trinajstić information content (AvgIpc) is 3.01. The molecular formula is C17H21N3. The van der Waals surface area contributed by atoms with Gasteiger partial charge in [-0.1, -0.05) is 18.2 Å². The first-order chi connectivity index (χ1) is 9.79. The number of nitrogens with two attached hydrogens (primary N) is 1. The van der Waals surface area contributed by atoms with Gasteiger partial charge >= 0.3 is 0 Å². The Morgan fingerprint density at radius 3 is 3.00 bits per heavy atom. The van der Waals surface area contributed by atoms with E-state index in [9.17, 15) is 0 Å². The van der Waals surface area contributed by atoms with E-state index < -0.39 is 0 Å². The highest BCUT2D eigenvalue weighted by Gasteiger charge is 2.40. The molecule has 0 radical (unpaired) electrons. The number of nitrogens with zero attached hydrogens (tertiary/aromatic N) is 2. The maximum atomic E-state index is 6.21. The minimum Gasteiger partial charge on any atom is -0.327 e. The molecule has 3 nitrogen and oxygen atoms in total. The van der Waals surface area contributed by atoms with Crippen molar-refractivity contribution >= 4 is 10.9 Å². The molecule has 0 amide bonds. The summed E-state index contributed by atoms with van der Waals surface area (Å²) in [6, 6.07) is 11.0. The first-order valence-electron chi connectivity index (χ1n) is 7.61. The molecule has 20 heavy (non-hydrogen) atoms. The maximum absolute atomic E-state index is 6.21. The molecule has 1 saturated heterocycles. The van der Waals surface area contributed by atoms with Gasteiger partial charge in [0.25, 0.3) is 0 Å². The fourth-order valence-electron chi connectivity index (χ4n) is 3.99. The van der Waals surface area contributed by atoms with Gasteiger partial charge in [0.2, 0.25) is 0 Å². The van der Waals surface area contributed by atoms with Crippen molar-refractivity contribution in [2.75, 3.05) is 13.1 Å². The van der Waals surface area contributed by atoms with E-state index in [0.717, 1.165) is 23.9 Å². The smallest absolute Gasteiger partial charge is 0.0702 e. The molecule has 104 valence electrons. The molecule has 2 N–H and O–H groups in total. The van der Waals surface area contributed by atoms with Gasteiger partial charge in [0.15, 0.2) is 0 Å². The Morgan fingerprint density at radius 1 is 1.20 bits per heavy atom. The fourth-order valence-corrected chi connectivity index (χ4v) is 3.99. The minimum absolute atomic E-state index is 0.430. The van der Waals surface area contributed by atoms with Crippen LogP contribution in [0.1, 0.15) is 18.4 Å². The van der Waals surface area contributed by atoms with Crippen LogP contribution in [0.5, 0.6) is 0 Å². The molecule has 2 fully saturated rings. The van der Waals surface area contributed by atoms with E-state index in [-0.39, 0.29) is 0 Å². The SMILES string of the molecule is NC1CCC2CN(Cc3cnc4ccccc4c3)CC12. The molecule has 1 aliphatic carbocycles. The summed E-state index contributed by atoms with van der Waals surface area (Å²) >= 11 is 0. The third-order valence-corrected chi connectivity index (χ3v) is 5.04. The predicted octanol–water partition coefficient (Wildman–Crippen LogP) is 2.40. The molecule has 1 saturated carbocycles. The summed E-state index contributed by atoms with van der Waals surface area (Å²) in [5.74, 6) is 1.56. The number of likely N-dealkylation sites (tertiary alicyclic amines) is 1. The lowest BCUT2D eigenvalue weighted by atomic mass is 9.98. The molecule has 2 aliphatic rings. The number of hydrogen-bond acceptors (Lipinski definition) is 3. The van der Waals surface area contributed by atoms with Crippen molar-refractivity contribution in [1.82, 2.24) is 9.88 Å². The van der Waals surface area contributed by atoms with Crippen molar-refractivity contribution in [1.29, 1.82) is 0 Å². The van der Waals surface area contributed by atoms with Crippen LogP contribution in [0.2, 0.25) is 0 Å². The van der Waals surface area contributed by atoms with Crippen LogP contribution in [0, 0.1) is 11.8 Å². The van der Waals surface area contributed by atoms with E-state index >= 15 is 0 Å². The van der Waals surface area contributed by atoms with Crippen LogP contribution in [0.3, 0.4) is 0 Å². The number of rotatable bonds is 2. The Hall–Kier alpha value is -1.45. The second-order valence-electron chi connectivity index (χ2n) is 6.40. The van der Waals surface area contributed by atoms with Gasteiger partial charge < -0.3 is 5.73 Å². The number of aromatic nitrogens is 1. The quantitative estimate of drug-likeness (QED) is 0.908. The van der Waals surface area contributed by atoms with E-state index in [4.69, 9.17) is 5.73 Å². The summed E-state index contributed by atoms with van der Waals surface area (Å²) in [5.41, 5.74) is 8.61. The highest BCUT2D eigenvalue weighted by Crippen LogP contribution is 2.37. The van der Waals surface area contributed by atoms with Crippen molar-refractivity contribution in [3.8, 4) is 0 Å². The summed E-state index contributed by atoms with van der Waals surface area (Å²) in [6.45, 7) is 3.39. The number of benzene rings is 1. The molecule has 4 rings (SSSR count). The molecule has 1 aliphatic heterocycles. The zero-order valence-corrected chi connectivity index (χ0v) is 11.7. The van der Waals surface area contributed by atoms with Gasteiger partial charge in [0.1, 0.15) is 0 Å². The Kier molecular flexibility index (Phi) is 2.97. The van der Waals surface area contributed by atoms with E-state index in [0.29, 0.717) is 6.04 Å². The number of fused-ring (bicyclic) bond motifs is 2. The van der Waals surface area contributed by atoms with Gasteiger partial charge in [-0.25, -0.2) is 0 Å². The molecule has 0 spiro atoms. The largest absolute Gasteiger partial charge is 0.327 e. The summed E-state index contributed by atoms with van der Waals surface area (Å²) < 4.78 is 0. The molecule has 0 bridgehead atoms. The monoisotopic (exact) mass is 267 g/mol. The van der Waals surface area contributed by atoms with Crippen molar-refractivity contribution in [2.45, 2.75) is 25.4 Å². The summed E-state index contributed by atoms with van der Waals surface area (Å²) in [6.07, 6.45) is 4.56. The van der Waals surface area contributed by atoms with E-state index in [1.54, 1.807) is 0 Å². The number of para-hydroxylation sites is 1. The Bertz CT molecular complexity index is 624. The van der Waals surface area contributed by atoms with Crippen LogP contribution < -0.4 is 5.73 Å². The van der Waals surface area contributed by atoms with Crippen molar-refractivity contribution in [3.63, 3.8) is 0 Å². The van der Waals surface area contributed by atoms with E-state index in [2.05, 4.69) is 34.1 Å². The van der Waals surface area contributed by atoms with Crippen LogP contribution in [0.15, 0.2) is 36.5 Å². The Labute approximate surface area is 119 Å². The van der Waals surface area contributed by atoms with Gasteiger partial charge in [0, 0.05) is 37.3 Å². The molecular weight excluding hydrogens is 246 g/mol. The van der Waals surface area contributed by atoms with Gasteiger partial charge in [0.05, 0.1) is 5.52 Å². The van der Waals surface area contributed by atoms with Crippen molar-refractivity contribution < 1.29 is 0 Å². The first kappa shape index (κ1) is 12.3. The lowest BCUT2D eigenvalue weighted by Crippen LogP contribution is -2.30. The second-order valence-corrected chi connectivity index (χ2v) is 6.40. The Morgan fingerprint density at radius 2 is 2.10 bits per heavy atom. The lowest BCUT2D eigenvalue weighted by Gasteiger charge is -2.18. The van der Waals surface area contributed by atoms with Crippen molar-refractivity contribution in [2.24, 2.45) is 17.6 Å². The Balaban J connectivity index is 1.51. The maximum Gasteiger partial charge on any atom is 0.0702 e. The first-order valence-corrected chi connectivity index (χ1v) is 7.61. The summed E-state index contributed by atoms with van der Waals surface area (Å²) in [4.78, 5) is 7.11. The average molecular weight is 267 g/mol. The lowest BCUT2D eigenvalue weighted by molar-refractivity contribution is 0.298. The van der Waals surface area contributed by atoms with Gasteiger partial charge in [-0.15, -0.1) is 0 Å². The summed E-state index contributed by atoms with van der Waals surface area (Å²) in [7, 11) is 0. The van der Waals surface area contributed by atoms with Gasteiger partial charge in [-0.05, 0) is 42.4 Å². The van der Waals surface area contributed by atoms with Gasteiger partial charge in [-0.3, -0.25) is 9.88 Å². The van der Waals surface area contributed by atoms with Crippen LogP contribution in [-0.2, 0) is 6.54 Å². The van der Waals surface area contributed by atoms with Crippen LogP contribution in [-0.4, -0.2) is 29.0 Å². The van der Waals surface area contributed by atoms with Gasteiger partial charge in [-0.2, -0.15) is 0 Å². The predicted molar refractivity (Wildman–Crippen MR) is 81.2 cm³/mol. The van der Waals surface area contributed by atoms with E-state index in [1.165, 1.54) is 36.9 Å². The van der Waals surface area contributed by atoms with E-state index in [1.807, 2.05) is 12.3 Å². The zero-order valence-electron chi connectivity index (χ0n) is 11.7.